The van der Waals surface area contributed by atoms with Gasteiger partial charge >= 0.3 is 6.18 Å². The number of carbonyl (C=O) groups excluding carboxylic acids is 1. The van der Waals surface area contributed by atoms with Gasteiger partial charge in [-0.25, -0.2) is 4.98 Å². The van der Waals surface area contributed by atoms with Gasteiger partial charge in [-0.3, -0.25) is 14.2 Å². The Morgan fingerprint density at radius 2 is 1.81 bits per heavy atom. The molecule has 1 saturated heterocycles. The van der Waals surface area contributed by atoms with Crippen LogP contribution in [0.1, 0.15) is 30.5 Å². The van der Waals surface area contributed by atoms with Crippen molar-refractivity contribution in [2.24, 2.45) is 0 Å². The molecule has 5 nitrogen and oxygen atoms in total. The second kappa shape index (κ2) is 6.68. The van der Waals surface area contributed by atoms with E-state index < -0.39 is 11.7 Å². The Morgan fingerprint density at radius 1 is 1.04 bits per heavy atom. The monoisotopic (exact) mass is 374 g/mol. The van der Waals surface area contributed by atoms with Crippen LogP contribution in [0.25, 0.3) is 16.9 Å². The summed E-state index contributed by atoms with van der Waals surface area (Å²) in [5.74, 6) is 0.122. The Morgan fingerprint density at radius 3 is 2.52 bits per heavy atom. The number of imidazole rings is 1. The van der Waals surface area contributed by atoms with E-state index in [2.05, 4.69) is 9.97 Å². The number of carbonyl (C=O) groups is 1. The third-order valence-electron chi connectivity index (χ3n) is 4.73. The van der Waals surface area contributed by atoms with Crippen LogP contribution in [0, 0.1) is 0 Å². The third-order valence-corrected chi connectivity index (χ3v) is 4.73. The molecule has 4 rings (SSSR count). The van der Waals surface area contributed by atoms with E-state index in [9.17, 15) is 18.0 Å². The Balaban J connectivity index is 1.65. The fraction of sp³-hybridized carbons (Fsp3) is 0.316. The average molecular weight is 374 g/mol. The molecule has 0 N–H and O–H groups in total. The van der Waals surface area contributed by atoms with Crippen molar-refractivity contribution in [1.29, 1.82) is 0 Å². The van der Waals surface area contributed by atoms with E-state index in [0.717, 1.165) is 25.0 Å². The molecule has 0 unspecified atom stereocenters. The van der Waals surface area contributed by atoms with Crippen LogP contribution >= 0.6 is 0 Å². The molecule has 1 aromatic carbocycles. The minimum atomic E-state index is -4.36. The van der Waals surface area contributed by atoms with Gasteiger partial charge in [0.05, 0.1) is 35.9 Å². The first kappa shape index (κ1) is 17.5. The largest absolute Gasteiger partial charge is 0.416 e. The molecule has 3 aromatic rings. The van der Waals surface area contributed by atoms with Crippen LogP contribution in [0.2, 0.25) is 0 Å². The van der Waals surface area contributed by atoms with Gasteiger partial charge in [0.1, 0.15) is 0 Å². The fourth-order valence-corrected chi connectivity index (χ4v) is 3.28. The molecule has 1 amide bonds. The molecule has 1 aliphatic heterocycles. The van der Waals surface area contributed by atoms with Gasteiger partial charge in [0.15, 0.2) is 5.65 Å². The van der Waals surface area contributed by atoms with Crippen molar-refractivity contribution < 1.29 is 18.0 Å². The maximum absolute atomic E-state index is 12.8. The summed E-state index contributed by atoms with van der Waals surface area (Å²) in [7, 11) is 0. The topological polar surface area (TPSA) is 50.5 Å². The highest BCUT2D eigenvalue weighted by Gasteiger charge is 2.30. The molecular formula is C19H17F3N4O. The van der Waals surface area contributed by atoms with Crippen LogP contribution < -0.4 is 0 Å². The predicted molar refractivity (Wildman–Crippen MR) is 92.7 cm³/mol. The summed E-state index contributed by atoms with van der Waals surface area (Å²) in [5.41, 5.74) is 1.92. The highest BCUT2D eigenvalue weighted by molar-refractivity contribution is 5.76. The quantitative estimate of drug-likeness (QED) is 0.698. The maximum Gasteiger partial charge on any atom is 0.416 e. The van der Waals surface area contributed by atoms with Crippen molar-refractivity contribution in [3.05, 3.63) is 54.1 Å². The first-order valence-corrected chi connectivity index (χ1v) is 8.69. The number of hydrogen-bond donors (Lipinski definition) is 0. The highest BCUT2D eigenvalue weighted by atomic mass is 19.4. The summed E-state index contributed by atoms with van der Waals surface area (Å²) in [6.07, 6.45) is 3.10. The van der Waals surface area contributed by atoms with Crippen LogP contribution in [0.5, 0.6) is 0 Å². The van der Waals surface area contributed by atoms with Crippen molar-refractivity contribution >= 4 is 11.6 Å². The summed E-state index contributed by atoms with van der Waals surface area (Å²) in [6.45, 7) is 1.13. The minimum Gasteiger partial charge on any atom is -0.337 e. The van der Waals surface area contributed by atoms with Gasteiger partial charge in [-0.2, -0.15) is 13.2 Å². The Labute approximate surface area is 153 Å². The zero-order valence-corrected chi connectivity index (χ0v) is 14.4. The smallest absolute Gasteiger partial charge is 0.337 e. The highest BCUT2D eigenvalue weighted by Crippen LogP contribution is 2.31. The van der Waals surface area contributed by atoms with Gasteiger partial charge in [0.2, 0.25) is 5.91 Å². The van der Waals surface area contributed by atoms with E-state index in [1.807, 2.05) is 0 Å². The number of rotatable bonds is 3. The number of fused-ring (bicyclic) bond motifs is 1. The molecule has 1 fully saturated rings. The van der Waals surface area contributed by atoms with E-state index >= 15 is 0 Å². The molecule has 0 aliphatic carbocycles. The number of benzene rings is 1. The summed E-state index contributed by atoms with van der Waals surface area (Å²) in [6, 6.07) is 4.98. The molecule has 0 saturated carbocycles. The molecule has 1 aliphatic rings. The molecular weight excluding hydrogens is 357 g/mol. The van der Waals surface area contributed by atoms with Gasteiger partial charge in [-0.1, -0.05) is 12.1 Å². The van der Waals surface area contributed by atoms with Crippen molar-refractivity contribution in [3.8, 4) is 11.3 Å². The number of hydrogen-bond acceptors (Lipinski definition) is 3. The van der Waals surface area contributed by atoms with E-state index in [1.165, 1.54) is 12.1 Å². The molecule has 0 atom stereocenters. The molecule has 8 heteroatoms. The summed E-state index contributed by atoms with van der Waals surface area (Å²) in [5, 5.41) is 0. The Bertz CT molecular complexity index is 979. The molecule has 0 bridgehead atoms. The minimum absolute atomic E-state index is 0.122. The van der Waals surface area contributed by atoms with Gasteiger partial charge in [0.25, 0.3) is 0 Å². The van der Waals surface area contributed by atoms with Crippen LogP contribution in [-0.4, -0.2) is 31.7 Å². The zero-order chi connectivity index (χ0) is 19.0. The van der Waals surface area contributed by atoms with Crippen molar-refractivity contribution in [2.45, 2.75) is 32.0 Å². The van der Waals surface area contributed by atoms with Crippen LogP contribution in [0.15, 0.2) is 42.9 Å². The SMILES string of the molecule is O=C1CCCCN1Cc1cn2c(-c3ccc(C(F)(F)F)cc3)cnc2cn1. The number of halogens is 3. The van der Waals surface area contributed by atoms with E-state index in [4.69, 9.17) is 0 Å². The van der Waals surface area contributed by atoms with Crippen molar-refractivity contribution in [2.75, 3.05) is 6.54 Å². The standard InChI is InChI=1S/C19H17F3N4O/c20-19(21,22)14-6-4-13(5-7-14)16-9-24-17-10-23-15(12-26(16)17)11-25-8-2-1-3-18(25)27/h4-7,9-10,12H,1-3,8,11H2. The summed E-state index contributed by atoms with van der Waals surface area (Å²) < 4.78 is 40.1. The van der Waals surface area contributed by atoms with Gasteiger partial charge in [-0.05, 0) is 25.0 Å². The predicted octanol–water partition coefficient (Wildman–Crippen LogP) is 3.93. The number of alkyl halides is 3. The lowest BCUT2D eigenvalue weighted by molar-refractivity contribution is -0.137. The Kier molecular flexibility index (Phi) is 4.33. The number of amides is 1. The van der Waals surface area contributed by atoms with E-state index in [-0.39, 0.29) is 5.91 Å². The molecule has 27 heavy (non-hydrogen) atoms. The maximum atomic E-state index is 12.8. The first-order chi connectivity index (χ1) is 12.9. The second-order valence-electron chi connectivity index (χ2n) is 6.60. The fourth-order valence-electron chi connectivity index (χ4n) is 3.28. The summed E-state index contributed by atoms with van der Waals surface area (Å²) >= 11 is 0. The number of likely N-dealkylation sites (tertiary alicyclic amines) is 1. The third kappa shape index (κ3) is 3.51. The lowest BCUT2D eigenvalue weighted by atomic mass is 10.1. The molecule has 0 spiro atoms. The normalized spacial score (nSPS) is 15.5. The van der Waals surface area contributed by atoms with Crippen LogP contribution in [-0.2, 0) is 17.5 Å². The van der Waals surface area contributed by atoms with Crippen LogP contribution in [0.4, 0.5) is 13.2 Å². The van der Waals surface area contributed by atoms with E-state index in [1.54, 1.807) is 27.9 Å². The van der Waals surface area contributed by atoms with Gasteiger partial charge in [0, 0.05) is 24.7 Å². The lowest BCUT2D eigenvalue weighted by Gasteiger charge is -2.26. The summed E-state index contributed by atoms with van der Waals surface area (Å²) in [4.78, 5) is 22.4. The number of aromatic nitrogens is 3. The molecule has 0 radical (unpaired) electrons. The molecule has 2 aromatic heterocycles. The van der Waals surface area contributed by atoms with Gasteiger partial charge < -0.3 is 4.90 Å². The Hall–Kier alpha value is -2.90. The second-order valence-corrected chi connectivity index (χ2v) is 6.60. The number of piperidine rings is 1. The first-order valence-electron chi connectivity index (χ1n) is 8.69. The van der Waals surface area contributed by atoms with Crippen molar-refractivity contribution in [3.63, 3.8) is 0 Å². The average Bonchev–Trinajstić information content (AvgIpc) is 3.06. The lowest BCUT2D eigenvalue weighted by Crippen LogP contribution is -2.34. The van der Waals surface area contributed by atoms with Crippen LogP contribution in [0.3, 0.4) is 0 Å². The molecule has 3 heterocycles. The van der Waals surface area contributed by atoms with E-state index in [0.29, 0.717) is 42.1 Å². The number of nitrogens with zero attached hydrogens (tertiary/aromatic N) is 4. The van der Waals surface area contributed by atoms with Crippen molar-refractivity contribution in [1.82, 2.24) is 19.3 Å². The molecule has 140 valence electrons. The zero-order valence-electron chi connectivity index (χ0n) is 14.4. The van der Waals surface area contributed by atoms with Gasteiger partial charge in [-0.15, -0.1) is 0 Å².